The van der Waals surface area contributed by atoms with Crippen molar-refractivity contribution in [3.63, 3.8) is 0 Å². The number of benzene rings is 2. The lowest BCUT2D eigenvalue weighted by molar-refractivity contribution is -0.134. The lowest BCUT2D eigenvalue weighted by Gasteiger charge is -2.39. The molecule has 3 aliphatic rings. The van der Waals surface area contributed by atoms with Crippen molar-refractivity contribution in [2.24, 2.45) is 0 Å². The molecular weight excluding hydrogens is 650 g/mol. The van der Waals surface area contributed by atoms with Gasteiger partial charge in [-0.25, -0.2) is 28.0 Å². The molecule has 2 aromatic rings. The summed E-state index contributed by atoms with van der Waals surface area (Å²) in [4.78, 5) is 45.5. The van der Waals surface area contributed by atoms with E-state index in [1.165, 1.54) is 17.7 Å². The maximum Gasteiger partial charge on any atom is 0.328 e. The maximum atomic E-state index is 14.2. The van der Waals surface area contributed by atoms with E-state index in [9.17, 15) is 28.0 Å². The highest BCUT2D eigenvalue weighted by molar-refractivity contribution is 7.80. The molecule has 2 unspecified atom stereocenters. The Hall–Kier alpha value is -4.73. The maximum absolute atomic E-state index is 14.2. The van der Waals surface area contributed by atoms with Crippen LogP contribution in [0, 0.1) is 11.6 Å². The van der Waals surface area contributed by atoms with Gasteiger partial charge in [0.2, 0.25) is 0 Å². The third-order valence-corrected chi connectivity index (χ3v) is 8.36. The number of hydrogen-bond acceptors (Lipinski definition) is 7. The highest BCUT2D eigenvalue weighted by atomic mass is 32.1. The Bertz CT molecular complexity index is 1450. The number of thiocarbonyl (C=S) groups is 1. The van der Waals surface area contributed by atoms with Gasteiger partial charge in [-0.05, 0) is 66.0 Å². The second-order valence-corrected chi connectivity index (χ2v) is 11.5. The molecule has 2 heterocycles. The van der Waals surface area contributed by atoms with E-state index in [4.69, 9.17) is 32.6 Å². The van der Waals surface area contributed by atoms with Crippen molar-refractivity contribution in [3.8, 4) is 0 Å². The number of carbonyl (C=O) groups is 4. The van der Waals surface area contributed by atoms with Gasteiger partial charge in [0.25, 0.3) is 0 Å². The molecule has 5 rings (SSSR count). The van der Waals surface area contributed by atoms with Crippen LogP contribution in [0.3, 0.4) is 0 Å². The molecule has 48 heavy (non-hydrogen) atoms. The Morgan fingerprint density at radius 3 is 1.81 bits per heavy atom. The summed E-state index contributed by atoms with van der Waals surface area (Å²) in [5.41, 5.74) is 3.38. The molecular formula is C33H38F2N4O8S. The van der Waals surface area contributed by atoms with E-state index in [0.29, 0.717) is 24.3 Å². The Labute approximate surface area is 281 Å². The number of aliphatic carboxylic acids is 4. The number of fused-ring (bicyclic) bond motifs is 1. The Morgan fingerprint density at radius 1 is 0.750 bits per heavy atom. The van der Waals surface area contributed by atoms with Gasteiger partial charge in [0, 0.05) is 88.6 Å². The Morgan fingerprint density at radius 2 is 1.29 bits per heavy atom. The molecule has 1 aliphatic carbocycles. The minimum absolute atomic E-state index is 0.182. The molecule has 0 aromatic heterocycles. The standard InChI is InChI=1S/C25H30F2N4S.2C4H4O4/c26-19-4-2-18(3-5-19)22-17-24(23-16-20(27)6-7-21(22)23)30-13-10-29(11-14-30)12-15-31-9-1-8-28-25(31)32;2*5-3(6)1-2-4(7)8/h2-7,16,22,24H,1,8-15,17H2,(H,28,32);2*1-2H,(H,5,6)(H,7,8)/b;2*2-1-. The van der Waals surface area contributed by atoms with Gasteiger partial charge in [-0.15, -0.1) is 0 Å². The van der Waals surface area contributed by atoms with Crippen LogP contribution in [0.25, 0.3) is 0 Å². The van der Waals surface area contributed by atoms with Gasteiger partial charge in [0.15, 0.2) is 5.11 Å². The van der Waals surface area contributed by atoms with Crippen LogP contribution >= 0.6 is 12.2 Å². The van der Waals surface area contributed by atoms with Crippen molar-refractivity contribution in [3.05, 3.63) is 95.1 Å². The third kappa shape index (κ3) is 12.1. The second kappa shape index (κ2) is 18.6. The topological polar surface area (TPSA) is 171 Å². The number of nitrogens with zero attached hydrogens (tertiary/aromatic N) is 3. The van der Waals surface area contributed by atoms with Crippen molar-refractivity contribution >= 4 is 41.2 Å². The summed E-state index contributed by atoms with van der Waals surface area (Å²) in [7, 11) is 0. The largest absolute Gasteiger partial charge is 0.478 e. The van der Waals surface area contributed by atoms with E-state index in [1.54, 1.807) is 12.1 Å². The van der Waals surface area contributed by atoms with Gasteiger partial charge in [-0.3, -0.25) is 9.80 Å². The fourth-order valence-electron chi connectivity index (χ4n) is 5.72. The number of hydrogen-bond donors (Lipinski definition) is 5. The fraction of sp³-hybridized carbons (Fsp3) is 0.364. The minimum atomic E-state index is -1.26. The molecule has 12 nitrogen and oxygen atoms in total. The Kier molecular flexibility index (Phi) is 14.6. The predicted octanol–water partition coefficient (Wildman–Crippen LogP) is 3.16. The van der Waals surface area contributed by atoms with E-state index in [0.717, 1.165) is 81.4 Å². The highest BCUT2D eigenvalue weighted by Crippen LogP contribution is 2.47. The monoisotopic (exact) mass is 688 g/mol. The number of nitrogens with one attached hydrogen (secondary N) is 1. The van der Waals surface area contributed by atoms with E-state index >= 15 is 0 Å². The summed E-state index contributed by atoms with van der Waals surface area (Å²) in [6, 6.07) is 12.2. The zero-order valence-corrected chi connectivity index (χ0v) is 26.8. The lowest BCUT2D eigenvalue weighted by atomic mass is 9.93. The van der Waals surface area contributed by atoms with Crippen molar-refractivity contribution in [2.45, 2.75) is 24.8 Å². The molecule has 2 atom stereocenters. The summed E-state index contributed by atoms with van der Waals surface area (Å²) >= 11 is 5.43. The number of rotatable bonds is 9. The Balaban J connectivity index is 0.000000325. The molecule has 15 heteroatoms. The van der Waals surface area contributed by atoms with Crippen LogP contribution in [0.5, 0.6) is 0 Å². The van der Waals surface area contributed by atoms with Crippen LogP contribution < -0.4 is 5.32 Å². The molecule has 0 bridgehead atoms. The summed E-state index contributed by atoms with van der Waals surface area (Å²) in [6.07, 6.45) is 4.29. The zero-order chi connectivity index (χ0) is 35.2. The molecule has 2 aromatic carbocycles. The van der Waals surface area contributed by atoms with Crippen molar-refractivity contribution in [2.75, 3.05) is 52.4 Å². The third-order valence-electron chi connectivity index (χ3n) is 7.95. The highest BCUT2D eigenvalue weighted by Gasteiger charge is 2.36. The summed E-state index contributed by atoms with van der Waals surface area (Å²) < 4.78 is 27.6. The van der Waals surface area contributed by atoms with Crippen LogP contribution in [0.2, 0.25) is 0 Å². The normalized spacial score (nSPS) is 19.5. The molecule has 258 valence electrons. The number of piperazine rings is 1. The van der Waals surface area contributed by atoms with Crippen LogP contribution in [0.15, 0.2) is 66.8 Å². The van der Waals surface area contributed by atoms with E-state index in [1.807, 2.05) is 18.2 Å². The molecule has 0 radical (unpaired) electrons. The molecule has 2 saturated heterocycles. The summed E-state index contributed by atoms with van der Waals surface area (Å²) in [5, 5.41) is 35.4. The van der Waals surface area contributed by atoms with Crippen LogP contribution in [0.4, 0.5) is 8.78 Å². The van der Waals surface area contributed by atoms with E-state index in [2.05, 4.69) is 20.0 Å². The summed E-state index contributed by atoms with van der Waals surface area (Å²) in [6.45, 7) is 7.97. The second-order valence-electron chi connectivity index (χ2n) is 11.1. The SMILES string of the molecule is Fc1ccc(C2CC(N3CCN(CCN4CCCNC4=S)CC3)c3cc(F)ccc32)cc1.O=C(O)/C=C\C(=O)O.O=C(O)/C=C\C(=O)O. The molecule has 0 spiro atoms. The minimum Gasteiger partial charge on any atom is -0.478 e. The van der Waals surface area contributed by atoms with E-state index < -0.39 is 23.9 Å². The van der Waals surface area contributed by atoms with Gasteiger partial charge in [-0.1, -0.05) is 18.2 Å². The van der Waals surface area contributed by atoms with Gasteiger partial charge in [-0.2, -0.15) is 0 Å². The number of halogens is 2. The molecule has 2 aliphatic heterocycles. The first-order valence-corrected chi connectivity index (χ1v) is 15.6. The average molecular weight is 689 g/mol. The first-order chi connectivity index (χ1) is 22.8. The lowest BCUT2D eigenvalue weighted by Crippen LogP contribution is -2.52. The van der Waals surface area contributed by atoms with Gasteiger partial charge in [0.1, 0.15) is 11.6 Å². The van der Waals surface area contributed by atoms with Crippen LogP contribution in [0.1, 0.15) is 41.5 Å². The molecule has 5 N–H and O–H groups in total. The molecule has 0 amide bonds. The van der Waals surface area contributed by atoms with Gasteiger partial charge < -0.3 is 30.6 Å². The van der Waals surface area contributed by atoms with Crippen molar-refractivity contribution in [1.29, 1.82) is 0 Å². The van der Waals surface area contributed by atoms with Crippen LogP contribution in [-0.2, 0) is 19.2 Å². The number of carboxylic acid groups (broad SMARTS) is 4. The first-order valence-electron chi connectivity index (χ1n) is 15.2. The van der Waals surface area contributed by atoms with Crippen LogP contribution in [-0.4, -0.2) is 116 Å². The fourth-order valence-corrected chi connectivity index (χ4v) is 6.01. The first kappa shape index (κ1) is 37.7. The predicted molar refractivity (Wildman–Crippen MR) is 176 cm³/mol. The van der Waals surface area contributed by atoms with Gasteiger partial charge >= 0.3 is 23.9 Å². The van der Waals surface area contributed by atoms with Crippen molar-refractivity contribution < 1.29 is 48.4 Å². The quantitative estimate of drug-likeness (QED) is 0.193. The summed E-state index contributed by atoms with van der Waals surface area (Å²) in [5.74, 6) is -5.25. The van der Waals surface area contributed by atoms with Crippen molar-refractivity contribution in [1.82, 2.24) is 20.0 Å². The number of carboxylic acids is 4. The van der Waals surface area contributed by atoms with E-state index in [-0.39, 0.29) is 23.6 Å². The molecule has 2 fully saturated rings. The average Bonchev–Trinajstić information content (AvgIpc) is 3.42. The van der Waals surface area contributed by atoms with Gasteiger partial charge in [0.05, 0.1) is 0 Å². The smallest absolute Gasteiger partial charge is 0.328 e. The zero-order valence-electron chi connectivity index (χ0n) is 26.0. The molecule has 0 saturated carbocycles.